The Balaban J connectivity index is 0.00000220. The Bertz CT molecular complexity index is 465. The molecule has 2 rings (SSSR count). The molecule has 0 spiro atoms. The molecule has 0 bridgehead atoms. The number of halogens is 3. The summed E-state index contributed by atoms with van der Waals surface area (Å²) in [7, 11) is 0. The van der Waals surface area contributed by atoms with Crippen molar-refractivity contribution in [3.05, 3.63) is 33.8 Å². The summed E-state index contributed by atoms with van der Waals surface area (Å²) in [6.07, 6.45) is 0.289. The van der Waals surface area contributed by atoms with Gasteiger partial charge in [0.2, 0.25) is 5.91 Å². The van der Waals surface area contributed by atoms with Crippen LogP contribution >= 0.6 is 35.6 Å². The lowest BCUT2D eigenvalue weighted by atomic mass is 10.1. The van der Waals surface area contributed by atoms with Crippen molar-refractivity contribution < 1.29 is 4.79 Å². The van der Waals surface area contributed by atoms with Gasteiger partial charge < -0.3 is 10.6 Å². The van der Waals surface area contributed by atoms with Gasteiger partial charge in [-0.2, -0.15) is 0 Å². The van der Waals surface area contributed by atoms with Crippen molar-refractivity contribution in [1.82, 2.24) is 15.5 Å². The van der Waals surface area contributed by atoms with E-state index in [9.17, 15) is 4.79 Å². The van der Waals surface area contributed by atoms with Crippen molar-refractivity contribution in [2.24, 2.45) is 0 Å². The van der Waals surface area contributed by atoms with E-state index in [4.69, 9.17) is 23.2 Å². The lowest BCUT2D eigenvalue weighted by Crippen LogP contribution is -2.46. The average molecular weight is 353 g/mol. The van der Waals surface area contributed by atoms with Crippen molar-refractivity contribution in [1.29, 1.82) is 0 Å². The number of piperazine rings is 1. The molecule has 1 saturated heterocycles. The largest absolute Gasteiger partial charge is 0.355 e. The Labute approximate surface area is 141 Å². The van der Waals surface area contributed by atoms with Gasteiger partial charge in [0.1, 0.15) is 0 Å². The first-order chi connectivity index (χ1) is 9.65. The van der Waals surface area contributed by atoms with Gasteiger partial charge in [0.25, 0.3) is 0 Å². The SMILES string of the molecule is Cl.O=C(Cc1ccc(Cl)cc1Cl)NCCN1CCNCC1. The van der Waals surface area contributed by atoms with Crippen LogP contribution in [0.2, 0.25) is 10.0 Å². The van der Waals surface area contributed by atoms with E-state index >= 15 is 0 Å². The summed E-state index contributed by atoms with van der Waals surface area (Å²) in [6, 6.07) is 5.20. The Morgan fingerprint density at radius 2 is 2.00 bits per heavy atom. The predicted octanol–water partition coefficient (Wildman–Crippen LogP) is 1.98. The van der Waals surface area contributed by atoms with Crippen LogP contribution in [0, 0.1) is 0 Å². The molecule has 0 saturated carbocycles. The van der Waals surface area contributed by atoms with Crippen molar-refractivity contribution in [2.45, 2.75) is 6.42 Å². The Kier molecular flexibility index (Phi) is 8.37. The minimum absolute atomic E-state index is 0. The van der Waals surface area contributed by atoms with Gasteiger partial charge in [-0.3, -0.25) is 9.69 Å². The zero-order valence-electron chi connectivity index (χ0n) is 11.7. The molecule has 1 aliphatic rings. The maximum Gasteiger partial charge on any atom is 0.224 e. The second-order valence-electron chi connectivity index (χ2n) is 4.85. The number of hydrogen-bond acceptors (Lipinski definition) is 3. The maximum atomic E-state index is 11.9. The molecular weight excluding hydrogens is 333 g/mol. The molecule has 0 unspecified atom stereocenters. The summed E-state index contributed by atoms with van der Waals surface area (Å²) < 4.78 is 0. The lowest BCUT2D eigenvalue weighted by molar-refractivity contribution is -0.120. The molecule has 0 radical (unpaired) electrons. The summed E-state index contributed by atoms with van der Waals surface area (Å²) >= 11 is 11.9. The zero-order chi connectivity index (χ0) is 14.4. The van der Waals surface area contributed by atoms with Gasteiger partial charge in [0, 0.05) is 49.3 Å². The first kappa shape index (κ1) is 18.5. The Hall–Kier alpha value is -0.520. The van der Waals surface area contributed by atoms with Gasteiger partial charge in [-0.15, -0.1) is 12.4 Å². The van der Waals surface area contributed by atoms with Crippen LogP contribution in [0.4, 0.5) is 0 Å². The fourth-order valence-corrected chi connectivity index (χ4v) is 2.66. The summed E-state index contributed by atoms with van der Waals surface area (Å²) in [5.74, 6) is -0.00985. The third-order valence-corrected chi connectivity index (χ3v) is 3.91. The third kappa shape index (κ3) is 6.41. The highest BCUT2D eigenvalue weighted by Crippen LogP contribution is 2.21. The second-order valence-corrected chi connectivity index (χ2v) is 5.70. The van der Waals surface area contributed by atoms with Crippen LogP contribution < -0.4 is 10.6 Å². The van der Waals surface area contributed by atoms with Crippen molar-refractivity contribution in [2.75, 3.05) is 39.3 Å². The van der Waals surface area contributed by atoms with Crippen LogP contribution in [0.15, 0.2) is 18.2 Å². The lowest BCUT2D eigenvalue weighted by Gasteiger charge is -2.27. The van der Waals surface area contributed by atoms with E-state index in [0.717, 1.165) is 38.3 Å². The molecule has 0 aromatic heterocycles. The highest BCUT2D eigenvalue weighted by atomic mass is 35.5. The van der Waals surface area contributed by atoms with E-state index in [2.05, 4.69) is 15.5 Å². The van der Waals surface area contributed by atoms with Gasteiger partial charge in [-0.05, 0) is 17.7 Å². The summed E-state index contributed by atoms with van der Waals surface area (Å²) in [6.45, 7) is 5.69. The predicted molar refractivity (Wildman–Crippen MR) is 89.7 cm³/mol. The molecule has 118 valence electrons. The van der Waals surface area contributed by atoms with Crippen molar-refractivity contribution in [3.8, 4) is 0 Å². The summed E-state index contributed by atoms with van der Waals surface area (Å²) in [5.41, 5.74) is 0.802. The van der Waals surface area contributed by atoms with Crippen molar-refractivity contribution in [3.63, 3.8) is 0 Å². The molecule has 0 aliphatic carbocycles. The maximum absolute atomic E-state index is 11.9. The van der Waals surface area contributed by atoms with Gasteiger partial charge in [0.05, 0.1) is 6.42 Å². The van der Waals surface area contributed by atoms with Crippen LogP contribution in [0.1, 0.15) is 5.56 Å². The molecule has 2 N–H and O–H groups in total. The molecule has 7 heteroatoms. The van der Waals surface area contributed by atoms with Gasteiger partial charge in [-0.25, -0.2) is 0 Å². The van der Waals surface area contributed by atoms with Crippen LogP contribution in [0.3, 0.4) is 0 Å². The van der Waals surface area contributed by atoms with Crippen LogP contribution in [-0.2, 0) is 11.2 Å². The molecule has 1 aromatic rings. The Morgan fingerprint density at radius 1 is 1.29 bits per heavy atom. The number of rotatable bonds is 5. The molecule has 1 amide bonds. The first-order valence-corrected chi connectivity index (χ1v) is 7.54. The molecule has 0 atom stereocenters. The fourth-order valence-electron chi connectivity index (χ4n) is 2.19. The van der Waals surface area contributed by atoms with Gasteiger partial charge in [-0.1, -0.05) is 29.3 Å². The first-order valence-electron chi connectivity index (χ1n) is 6.79. The van der Waals surface area contributed by atoms with E-state index in [0.29, 0.717) is 16.6 Å². The standard InChI is InChI=1S/C14H19Cl2N3O.ClH/c15-12-2-1-11(13(16)10-12)9-14(20)18-5-8-19-6-3-17-4-7-19;/h1-2,10,17H,3-9H2,(H,18,20);1H. The number of carbonyl (C=O) groups is 1. The molecular formula is C14H20Cl3N3O. The highest BCUT2D eigenvalue weighted by molar-refractivity contribution is 6.35. The number of hydrogen-bond donors (Lipinski definition) is 2. The summed E-state index contributed by atoms with van der Waals surface area (Å²) in [5, 5.41) is 7.35. The number of carbonyl (C=O) groups excluding carboxylic acids is 1. The van der Waals surface area contributed by atoms with Crippen LogP contribution in [-0.4, -0.2) is 50.1 Å². The monoisotopic (exact) mass is 351 g/mol. The number of amides is 1. The molecule has 1 aromatic carbocycles. The molecule has 4 nitrogen and oxygen atoms in total. The zero-order valence-corrected chi connectivity index (χ0v) is 14.0. The summed E-state index contributed by atoms with van der Waals surface area (Å²) in [4.78, 5) is 14.2. The fraction of sp³-hybridized carbons (Fsp3) is 0.500. The number of nitrogens with zero attached hydrogens (tertiary/aromatic N) is 1. The normalized spacial score (nSPS) is 15.3. The molecule has 21 heavy (non-hydrogen) atoms. The van der Waals surface area contributed by atoms with Crippen molar-refractivity contribution >= 4 is 41.5 Å². The minimum Gasteiger partial charge on any atom is -0.355 e. The second kappa shape index (κ2) is 9.49. The third-order valence-electron chi connectivity index (χ3n) is 3.33. The molecule has 1 heterocycles. The van der Waals surface area contributed by atoms with Gasteiger partial charge in [0.15, 0.2) is 0 Å². The average Bonchev–Trinajstić information content (AvgIpc) is 2.43. The molecule has 1 aliphatic heterocycles. The molecule has 1 fully saturated rings. The van der Waals surface area contributed by atoms with E-state index < -0.39 is 0 Å². The number of nitrogens with one attached hydrogen (secondary N) is 2. The quantitative estimate of drug-likeness (QED) is 0.852. The minimum atomic E-state index is -0.00985. The number of benzene rings is 1. The van der Waals surface area contributed by atoms with Crippen LogP contribution in [0.5, 0.6) is 0 Å². The van der Waals surface area contributed by atoms with E-state index in [1.807, 2.05) is 0 Å². The highest BCUT2D eigenvalue weighted by Gasteiger charge is 2.10. The van der Waals surface area contributed by atoms with Crippen LogP contribution in [0.25, 0.3) is 0 Å². The van der Waals surface area contributed by atoms with E-state index in [-0.39, 0.29) is 24.7 Å². The Morgan fingerprint density at radius 3 is 2.67 bits per heavy atom. The van der Waals surface area contributed by atoms with Gasteiger partial charge >= 0.3 is 0 Å². The van der Waals surface area contributed by atoms with E-state index in [1.165, 1.54) is 0 Å². The topological polar surface area (TPSA) is 44.4 Å². The smallest absolute Gasteiger partial charge is 0.224 e. The van der Waals surface area contributed by atoms with E-state index in [1.54, 1.807) is 18.2 Å².